The molecule has 0 unspecified atom stereocenters. The second-order valence-electron chi connectivity index (χ2n) is 5.12. The fraction of sp³-hybridized carbons (Fsp3) is 0.429. The van der Waals surface area contributed by atoms with Gasteiger partial charge in [0, 0.05) is 31.9 Å². The summed E-state index contributed by atoms with van der Waals surface area (Å²) in [6.45, 7) is 3.98. The molecule has 1 saturated heterocycles. The zero-order chi connectivity index (χ0) is 14.7. The minimum Gasteiger partial charge on any atom is -0.482 e. The molecule has 2 aliphatic heterocycles. The van der Waals surface area contributed by atoms with Crippen molar-refractivity contribution in [2.75, 3.05) is 50.0 Å². The highest BCUT2D eigenvalue weighted by Gasteiger charge is 2.17. The van der Waals surface area contributed by atoms with Gasteiger partial charge in [0.2, 0.25) is 5.91 Å². The van der Waals surface area contributed by atoms with Crippen molar-refractivity contribution >= 4 is 23.2 Å². The first kappa shape index (κ1) is 13.8. The van der Waals surface area contributed by atoms with Crippen molar-refractivity contribution in [3.8, 4) is 5.75 Å². The van der Waals surface area contributed by atoms with Crippen molar-refractivity contribution in [2.45, 2.75) is 0 Å². The molecule has 7 heteroatoms. The van der Waals surface area contributed by atoms with Crippen molar-refractivity contribution in [2.24, 2.45) is 0 Å². The highest BCUT2D eigenvalue weighted by molar-refractivity contribution is 5.98. The number of nitrogens with one attached hydrogen (secondary N) is 3. The number of carbonyl (C=O) groups excluding carboxylic acids is 2. The minimum atomic E-state index is -0.188. The molecule has 0 bridgehead atoms. The number of anilines is 2. The van der Waals surface area contributed by atoms with Crippen molar-refractivity contribution in [1.82, 2.24) is 10.2 Å². The fourth-order valence-electron chi connectivity index (χ4n) is 2.43. The first-order chi connectivity index (χ1) is 10.2. The third-order valence-electron chi connectivity index (χ3n) is 3.47. The second-order valence-corrected chi connectivity index (χ2v) is 5.12. The van der Waals surface area contributed by atoms with Gasteiger partial charge in [0.1, 0.15) is 5.75 Å². The van der Waals surface area contributed by atoms with E-state index < -0.39 is 0 Å². The first-order valence-corrected chi connectivity index (χ1v) is 7.00. The zero-order valence-corrected chi connectivity index (χ0v) is 11.6. The Labute approximate surface area is 122 Å². The molecule has 0 atom stereocenters. The molecule has 0 aromatic heterocycles. The van der Waals surface area contributed by atoms with Crippen molar-refractivity contribution in [1.29, 1.82) is 0 Å². The van der Waals surface area contributed by atoms with E-state index in [1.165, 1.54) is 0 Å². The van der Waals surface area contributed by atoms with Crippen LogP contribution in [0.4, 0.5) is 11.4 Å². The molecule has 0 spiro atoms. The van der Waals surface area contributed by atoms with Crippen LogP contribution in [0, 0.1) is 0 Å². The Bertz CT molecular complexity index is 555. The molecule has 3 N–H and O–H groups in total. The van der Waals surface area contributed by atoms with Crippen LogP contribution in [0.15, 0.2) is 18.2 Å². The molecule has 0 aliphatic carbocycles. The molecule has 112 valence electrons. The molecule has 1 fully saturated rings. The molecule has 1 aromatic rings. The monoisotopic (exact) mass is 290 g/mol. The van der Waals surface area contributed by atoms with E-state index in [-0.39, 0.29) is 18.4 Å². The van der Waals surface area contributed by atoms with Crippen LogP contribution in [0.3, 0.4) is 0 Å². The summed E-state index contributed by atoms with van der Waals surface area (Å²) in [5.41, 5.74) is 1.24. The van der Waals surface area contributed by atoms with E-state index in [0.29, 0.717) is 23.7 Å². The summed E-state index contributed by atoms with van der Waals surface area (Å²) in [6.07, 6.45) is 0. The van der Waals surface area contributed by atoms with E-state index in [2.05, 4.69) is 20.9 Å². The summed E-state index contributed by atoms with van der Waals surface area (Å²) in [5, 5.41) is 8.82. The smallest absolute Gasteiger partial charge is 0.262 e. The molecule has 1 aromatic carbocycles. The third-order valence-corrected chi connectivity index (χ3v) is 3.47. The quantitative estimate of drug-likeness (QED) is 0.722. The van der Waals surface area contributed by atoms with Crippen LogP contribution < -0.4 is 20.7 Å². The first-order valence-electron chi connectivity index (χ1n) is 7.00. The number of amides is 2. The number of carbonyl (C=O) groups is 2. The van der Waals surface area contributed by atoms with Crippen LogP contribution in [-0.2, 0) is 9.59 Å². The molecule has 0 saturated carbocycles. The number of hydrogen-bond acceptors (Lipinski definition) is 5. The molecule has 2 heterocycles. The van der Waals surface area contributed by atoms with E-state index in [9.17, 15) is 9.59 Å². The van der Waals surface area contributed by atoms with Crippen molar-refractivity contribution in [3.63, 3.8) is 0 Å². The Kier molecular flexibility index (Phi) is 4.03. The van der Waals surface area contributed by atoms with Crippen molar-refractivity contribution in [3.05, 3.63) is 18.2 Å². The lowest BCUT2D eigenvalue weighted by molar-refractivity contribution is -0.119. The standard InChI is InChI=1S/C14H18N4O3/c19-13(8-18-5-3-15-4-6-18)16-10-1-2-12-11(7-10)17-14(20)9-21-12/h1-2,7,15H,3-6,8-9H2,(H,16,19)(H,17,20). The van der Waals surface area contributed by atoms with Gasteiger partial charge in [-0.05, 0) is 18.2 Å². The highest BCUT2D eigenvalue weighted by Crippen LogP contribution is 2.30. The van der Waals surface area contributed by atoms with E-state index >= 15 is 0 Å². The number of nitrogens with zero attached hydrogens (tertiary/aromatic N) is 1. The van der Waals surface area contributed by atoms with Crippen LogP contribution in [0.25, 0.3) is 0 Å². The Balaban J connectivity index is 1.60. The number of ether oxygens (including phenoxy) is 1. The van der Waals surface area contributed by atoms with Gasteiger partial charge in [-0.1, -0.05) is 0 Å². The Hall–Kier alpha value is -2.12. The van der Waals surface area contributed by atoms with Crippen LogP contribution in [0.5, 0.6) is 5.75 Å². The van der Waals surface area contributed by atoms with Gasteiger partial charge in [0.05, 0.1) is 12.2 Å². The predicted molar refractivity (Wildman–Crippen MR) is 78.5 cm³/mol. The van der Waals surface area contributed by atoms with Crippen molar-refractivity contribution < 1.29 is 14.3 Å². The van der Waals surface area contributed by atoms with Crippen LogP contribution >= 0.6 is 0 Å². The lowest BCUT2D eigenvalue weighted by atomic mass is 10.2. The number of fused-ring (bicyclic) bond motifs is 1. The molecular formula is C14H18N4O3. The number of hydrogen-bond donors (Lipinski definition) is 3. The second kappa shape index (κ2) is 6.11. The molecule has 3 rings (SSSR count). The molecule has 7 nitrogen and oxygen atoms in total. The fourth-order valence-corrected chi connectivity index (χ4v) is 2.43. The number of rotatable bonds is 3. The Morgan fingerprint density at radius 1 is 1.33 bits per heavy atom. The van der Waals surface area contributed by atoms with E-state index in [0.717, 1.165) is 26.2 Å². The summed E-state index contributed by atoms with van der Waals surface area (Å²) < 4.78 is 5.28. The lowest BCUT2D eigenvalue weighted by Gasteiger charge is -2.26. The van der Waals surface area contributed by atoms with Crippen LogP contribution in [0.2, 0.25) is 0 Å². The normalized spacial score (nSPS) is 18.4. The molecule has 2 aliphatic rings. The van der Waals surface area contributed by atoms with Gasteiger partial charge in [-0.25, -0.2) is 0 Å². The van der Waals surface area contributed by atoms with Gasteiger partial charge in [0.25, 0.3) is 5.91 Å². The third kappa shape index (κ3) is 3.50. The number of piperazine rings is 1. The van der Waals surface area contributed by atoms with Crippen LogP contribution in [-0.4, -0.2) is 56.0 Å². The summed E-state index contributed by atoms with van der Waals surface area (Å²) in [6, 6.07) is 5.23. The average Bonchev–Trinajstić information content (AvgIpc) is 2.47. The Morgan fingerprint density at radius 2 is 2.14 bits per heavy atom. The summed E-state index contributed by atoms with van der Waals surface area (Å²) >= 11 is 0. The average molecular weight is 290 g/mol. The van der Waals surface area contributed by atoms with Gasteiger partial charge < -0.3 is 20.7 Å². The lowest BCUT2D eigenvalue weighted by Crippen LogP contribution is -2.46. The maximum atomic E-state index is 12.0. The maximum absolute atomic E-state index is 12.0. The predicted octanol–water partition coefficient (Wildman–Crippen LogP) is -0.139. The summed E-state index contributed by atoms with van der Waals surface area (Å²) in [5.74, 6) is 0.376. The molecule has 0 radical (unpaired) electrons. The summed E-state index contributed by atoms with van der Waals surface area (Å²) in [7, 11) is 0. The van der Waals surface area contributed by atoms with E-state index in [4.69, 9.17) is 4.74 Å². The summed E-state index contributed by atoms with van der Waals surface area (Å²) in [4.78, 5) is 25.4. The van der Waals surface area contributed by atoms with E-state index in [1.807, 2.05) is 0 Å². The zero-order valence-electron chi connectivity index (χ0n) is 11.6. The SMILES string of the molecule is O=C(CN1CCNCC1)Nc1ccc2c(c1)NC(=O)CO2. The molecular weight excluding hydrogens is 272 g/mol. The molecule has 21 heavy (non-hydrogen) atoms. The highest BCUT2D eigenvalue weighted by atomic mass is 16.5. The van der Waals surface area contributed by atoms with Gasteiger partial charge in [0.15, 0.2) is 6.61 Å². The van der Waals surface area contributed by atoms with E-state index in [1.54, 1.807) is 18.2 Å². The van der Waals surface area contributed by atoms with Gasteiger partial charge in [-0.2, -0.15) is 0 Å². The Morgan fingerprint density at radius 3 is 2.95 bits per heavy atom. The van der Waals surface area contributed by atoms with Gasteiger partial charge in [-0.3, -0.25) is 14.5 Å². The number of benzene rings is 1. The van der Waals surface area contributed by atoms with Gasteiger partial charge in [-0.15, -0.1) is 0 Å². The van der Waals surface area contributed by atoms with Crippen LogP contribution in [0.1, 0.15) is 0 Å². The topological polar surface area (TPSA) is 82.7 Å². The maximum Gasteiger partial charge on any atom is 0.262 e. The molecule has 2 amide bonds. The largest absolute Gasteiger partial charge is 0.482 e. The van der Waals surface area contributed by atoms with Gasteiger partial charge >= 0.3 is 0 Å². The minimum absolute atomic E-state index is 0.0295.